The van der Waals surface area contributed by atoms with Crippen molar-refractivity contribution < 1.29 is 14.0 Å². The lowest BCUT2D eigenvalue weighted by Gasteiger charge is -2.22. The van der Waals surface area contributed by atoms with Crippen molar-refractivity contribution >= 4 is 22.8 Å². The Kier molecular flexibility index (Phi) is 4.62. The van der Waals surface area contributed by atoms with Crippen molar-refractivity contribution in [2.75, 3.05) is 26.7 Å². The fourth-order valence-corrected chi connectivity index (χ4v) is 2.23. The van der Waals surface area contributed by atoms with Crippen LogP contribution < -0.4 is 0 Å². The summed E-state index contributed by atoms with van der Waals surface area (Å²) >= 11 is 0. The van der Waals surface area contributed by atoms with Gasteiger partial charge in [0.2, 0.25) is 5.91 Å². The van der Waals surface area contributed by atoms with Gasteiger partial charge in [-0.3, -0.25) is 9.59 Å². The summed E-state index contributed by atoms with van der Waals surface area (Å²) in [5, 5.41) is 0.879. The van der Waals surface area contributed by atoms with Gasteiger partial charge in [0.25, 0.3) is 5.91 Å². The fourth-order valence-electron chi connectivity index (χ4n) is 2.23. The molecular weight excluding hydrogens is 268 g/mol. The van der Waals surface area contributed by atoms with Crippen LogP contribution in [0.15, 0.2) is 34.7 Å². The molecule has 112 valence electrons. The van der Waals surface area contributed by atoms with Gasteiger partial charge in [-0.25, -0.2) is 0 Å². The molecule has 1 aromatic heterocycles. The molecule has 0 fully saturated rings. The molecular formula is C16H20N2O3. The van der Waals surface area contributed by atoms with E-state index in [0.717, 1.165) is 5.39 Å². The summed E-state index contributed by atoms with van der Waals surface area (Å²) in [4.78, 5) is 27.4. The van der Waals surface area contributed by atoms with E-state index >= 15 is 0 Å². The molecule has 0 atom stereocenters. The summed E-state index contributed by atoms with van der Waals surface area (Å²) in [7, 11) is 1.61. The van der Waals surface area contributed by atoms with Crippen molar-refractivity contribution in [2.24, 2.45) is 0 Å². The molecule has 0 radical (unpaired) electrons. The Labute approximate surface area is 124 Å². The van der Waals surface area contributed by atoms with E-state index < -0.39 is 0 Å². The standard InChI is InChI=1S/C16H20N2O3/c1-4-18(5-2)15(19)11-17(3)16(20)14-10-12-8-6-7-9-13(12)21-14/h6-10H,4-5,11H2,1-3H3. The van der Waals surface area contributed by atoms with Crippen LogP contribution in [-0.2, 0) is 4.79 Å². The lowest BCUT2D eigenvalue weighted by atomic mass is 10.2. The molecule has 5 heteroatoms. The largest absolute Gasteiger partial charge is 0.451 e. The van der Waals surface area contributed by atoms with E-state index in [4.69, 9.17) is 4.42 Å². The number of hydrogen-bond acceptors (Lipinski definition) is 3. The Bertz CT molecular complexity index is 611. The van der Waals surface area contributed by atoms with Crippen LogP contribution in [0.1, 0.15) is 24.4 Å². The predicted molar refractivity (Wildman–Crippen MR) is 81.1 cm³/mol. The average Bonchev–Trinajstić information content (AvgIpc) is 2.91. The van der Waals surface area contributed by atoms with Crippen molar-refractivity contribution in [3.8, 4) is 0 Å². The first-order chi connectivity index (χ1) is 10.1. The van der Waals surface area contributed by atoms with E-state index in [1.54, 1.807) is 18.0 Å². The quantitative estimate of drug-likeness (QED) is 0.848. The van der Waals surface area contributed by atoms with Crippen molar-refractivity contribution in [3.63, 3.8) is 0 Å². The number of para-hydroxylation sites is 1. The van der Waals surface area contributed by atoms with Crippen LogP contribution in [0.4, 0.5) is 0 Å². The number of hydrogen-bond donors (Lipinski definition) is 0. The van der Waals surface area contributed by atoms with Crippen molar-refractivity contribution in [3.05, 3.63) is 36.1 Å². The van der Waals surface area contributed by atoms with E-state index in [-0.39, 0.29) is 24.1 Å². The maximum absolute atomic E-state index is 12.3. The van der Waals surface area contributed by atoms with Gasteiger partial charge in [-0.15, -0.1) is 0 Å². The van der Waals surface area contributed by atoms with Crippen LogP contribution in [0.25, 0.3) is 11.0 Å². The summed E-state index contributed by atoms with van der Waals surface area (Å²) < 4.78 is 5.53. The lowest BCUT2D eigenvalue weighted by Crippen LogP contribution is -2.40. The van der Waals surface area contributed by atoms with Crippen molar-refractivity contribution in [1.82, 2.24) is 9.80 Å². The topological polar surface area (TPSA) is 53.8 Å². The SMILES string of the molecule is CCN(CC)C(=O)CN(C)C(=O)c1cc2ccccc2o1. The molecule has 2 rings (SSSR count). The summed E-state index contributed by atoms with van der Waals surface area (Å²) in [5.41, 5.74) is 0.671. The van der Waals surface area contributed by atoms with E-state index in [0.29, 0.717) is 18.7 Å². The van der Waals surface area contributed by atoms with E-state index in [1.165, 1.54) is 4.90 Å². The molecule has 0 saturated carbocycles. The van der Waals surface area contributed by atoms with Gasteiger partial charge in [0, 0.05) is 25.5 Å². The Balaban J connectivity index is 2.10. The van der Waals surface area contributed by atoms with Crippen molar-refractivity contribution in [1.29, 1.82) is 0 Å². The molecule has 1 heterocycles. The number of benzene rings is 1. The van der Waals surface area contributed by atoms with Gasteiger partial charge in [0.15, 0.2) is 5.76 Å². The van der Waals surface area contributed by atoms with Gasteiger partial charge >= 0.3 is 0 Å². The zero-order valence-corrected chi connectivity index (χ0v) is 12.6. The number of nitrogens with zero attached hydrogens (tertiary/aromatic N) is 2. The minimum absolute atomic E-state index is 0.0531. The van der Waals surface area contributed by atoms with Gasteiger partial charge < -0.3 is 14.2 Å². The highest BCUT2D eigenvalue weighted by Gasteiger charge is 2.20. The zero-order valence-electron chi connectivity index (χ0n) is 12.6. The smallest absolute Gasteiger partial charge is 0.289 e. The van der Waals surface area contributed by atoms with Crippen LogP contribution >= 0.6 is 0 Å². The number of furan rings is 1. The van der Waals surface area contributed by atoms with E-state index in [1.807, 2.05) is 38.1 Å². The highest BCUT2D eigenvalue weighted by atomic mass is 16.3. The molecule has 0 aliphatic carbocycles. The van der Waals surface area contributed by atoms with Gasteiger partial charge in [-0.05, 0) is 26.0 Å². The highest BCUT2D eigenvalue weighted by molar-refractivity contribution is 5.97. The predicted octanol–water partition coefficient (Wildman–Crippen LogP) is 2.37. The molecule has 2 aromatic rings. The minimum atomic E-state index is -0.285. The summed E-state index contributed by atoms with van der Waals surface area (Å²) in [6.07, 6.45) is 0. The highest BCUT2D eigenvalue weighted by Crippen LogP contribution is 2.19. The van der Waals surface area contributed by atoms with Crippen LogP contribution in [0.2, 0.25) is 0 Å². The second-order valence-electron chi connectivity index (χ2n) is 4.88. The molecule has 0 aliphatic rings. The number of likely N-dealkylation sites (N-methyl/N-ethyl adjacent to an activating group) is 2. The maximum atomic E-state index is 12.3. The van der Waals surface area contributed by atoms with E-state index in [9.17, 15) is 9.59 Å². The Hall–Kier alpha value is -2.30. The average molecular weight is 288 g/mol. The van der Waals surface area contributed by atoms with Crippen LogP contribution in [0.5, 0.6) is 0 Å². The molecule has 2 amide bonds. The fraction of sp³-hybridized carbons (Fsp3) is 0.375. The van der Waals surface area contributed by atoms with Gasteiger partial charge in [-0.1, -0.05) is 18.2 Å². The summed E-state index contributed by atoms with van der Waals surface area (Å²) in [6, 6.07) is 9.15. The first-order valence-corrected chi connectivity index (χ1v) is 7.08. The van der Waals surface area contributed by atoms with Crippen LogP contribution in [-0.4, -0.2) is 48.3 Å². The number of carbonyl (C=O) groups excluding carboxylic acids is 2. The molecule has 0 bridgehead atoms. The van der Waals surface area contributed by atoms with Crippen molar-refractivity contribution in [2.45, 2.75) is 13.8 Å². The third-order valence-electron chi connectivity index (χ3n) is 3.47. The molecule has 0 saturated heterocycles. The Morgan fingerprint density at radius 3 is 2.43 bits per heavy atom. The molecule has 1 aromatic carbocycles. The molecule has 0 N–H and O–H groups in total. The zero-order chi connectivity index (χ0) is 15.4. The number of fused-ring (bicyclic) bond motifs is 1. The second-order valence-corrected chi connectivity index (χ2v) is 4.88. The maximum Gasteiger partial charge on any atom is 0.289 e. The van der Waals surface area contributed by atoms with Gasteiger partial charge in [0.05, 0.1) is 6.54 Å². The molecule has 0 spiro atoms. The van der Waals surface area contributed by atoms with Crippen LogP contribution in [0.3, 0.4) is 0 Å². The third kappa shape index (κ3) is 3.24. The first kappa shape index (κ1) is 15.1. The van der Waals surface area contributed by atoms with E-state index in [2.05, 4.69) is 0 Å². The number of amides is 2. The normalized spacial score (nSPS) is 10.6. The molecule has 5 nitrogen and oxygen atoms in total. The monoisotopic (exact) mass is 288 g/mol. The number of carbonyl (C=O) groups is 2. The summed E-state index contributed by atoms with van der Waals surface area (Å²) in [6.45, 7) is 5.17. The van der Waals surface area contributed by atoms with Crippen LogP contribution in [0, 0.1) is 0 Å². The molecule has 0 unspecified atom stereocenters. The Morgan fingerprint density at radius 1 is 1.14 bits per heavy atom. The molecule has 0 aliphatic heterocycles. The molecule has 21 heavy (non-hydrogen) atoms. The minimum Gasteiger partial charge on any atom is -0.451 e. The van der Waals surface area contributed by atoms with Gasteiger partial charge in [-0.2, -0.15) is 0 Å². The summed E-state index contributed by atoms with van der Waals surface area (Å²) in [5.74, 6) is -0.0929. The van der Waals surface area contributed by atoms with Gasteiger partial charge in [0.1, 0.15) is 5.58 Å². The lowest BCUT2D eigenvalue weighted by molar-refractivity contribution is -0.131. The first-order valence-electron chi connectivity index (χ1n) is 7.08. The number of rotatable bonds is 5. The third-order valence-corrected chi connectivity index (χ3v) is 3.47. The Morgan fingerprint density at radius 2 is 1.81 bits per heavy atom. The second kappa shape index (κ2) is 6.43.